The fourth-order valence-electron chi connectivity index (χ4n) is 2.45. The fourth-order valence-corrected chi connectivity index (χ4v) is 2.90. The topological polar surface area (TPSA) is 92.6 Å². The second kappa shape index (κ2) is 10.0. The van der Waals surface area contributed by atoms with Gasteiger partial charge >= 0.3 is 6.03 Å². The minimum atomic E-state index is -0.783. The second-order valence-electron chi connectivity index (χ2n) is 6.29. The monoisotopic (exact) mass is 447 g/mol. The van der Waals surface area contributed by atoms with Gasteiger partial charge in [-0.1, -0.05) is 23.2 Å². The summed E-state index contributed by atoms with van der Waals surface area (Å²) >= 11 is 11.9. The number of rotatable bonds is 7. The summed E-state index contributed by atoms with van der Waals surface area (Å²) in [6.07, 6.45) is 0.756. The van der Waals surface area contributed by atoms with E-state index in [0.717, 1.165) is 0 Å². The molecule has 1 atom stereocenters. The highest BCUT2D eigenvalue weighted by atomic mass is 35.5. The summed E-state index contributed by atoms with van der Waals surface area (Å²) in [6.45, 7) is 1.89. The van der Waals surface area contributed by atoms with E-state index in [-0.39, 0.29) is 18.5 Å². The first kappa shape index (κ1) is 21.5. The van der Waals surface area contributed by atoms with Crippen LogP contribution in [0.25, 0.3) is 0 Å². The van der Waals surface area contributed by atoms with Gasteiger partial charge in [0.2, 0.25) is 0 Å². The highest BCUT2D eigenvalue weighted by Gasteiger charge is 2.16. The molecule has 7 nitrogen and oxygen atoms in total. The van der Waals surface area contributed by atoms with Gasteiger partial charge in [0.1, 0.15) is 11.5 Å². The molecule has 0 aliphatic carbocycles. The van der Waals surface area contributed by atoms with E-state index in [4.69, 9.17) is 32.4 Å². The summed E-state index contributed by atoms with van der Waals surface area (Å²) < 4.78 is 10.7. The summed E-state index contributed by atoms with van der Waals surface area (Å²) in [4.78, 5) is 24.3. The smallest absolute Gasteiger partial charge is 0.319 e. The first-order valence-corrected chi connectivity index (χ1v) is 9.76. The Bertz CT molecular complexity index is 1010. The van der Waals surface area contributed by atoms with E-state index >= 15 is 0 Å². The van der Waals surface area contributed by atoms with E-state index < -0.39 is 6.10 Å². The summed E-state index contributed by atoms with van der Waals surface area (Å²) in [6, 6.07) is 14.6. The van der Waals surface area contributed by atoms with Crippen LogP contribution < -0.4 is 20.7 Å². The number of carbonyl (C=O) groups excluding carboxylic acids is 2. The molecule has 3 aromatic rings. The molecule has 2 aromatic carbocycles. The lowest BCUT2D eigenvalue weighted by molar-refractivity contribution is -0.122. The number of hydrogen-bond acceptors (Lipinski definition) is 4. The molecule has 0 radical (unpaired) electrons. The predicted octanol–water partition coefficient (Wildman–Crippen LogP) is 5.31. The molecular weight excluding hydrogens is 429 g/mol. The average Bonchev–Trinajstić information content (AvgIpc) is 3.23. The highest BCUT2D eigenvalue weighted by Crippen LogP contribution is 2.28. The van der Waals surface area contributed by atoms with Crippen LogP contribution in [0.15, 0.2) is 65.3 Å². The molecule has 3 amide bonds. The van der Waals surface area contributed by atoms with E-state index in [0.29, 0.717) is 32.9 Å². The molecule has 1 heterocycles. The van der Waals surface area contributed by atoms with Gasteiger partial charge in [0.25, 0.3) is 5.91 Å². The second-order valence-corrected chi connectivity index (χ2v) is 7.13. The number of amides is 3. The van der Waals surface area contributed by atoms with Gasteiger partial charge in [-0.05, 0) is 61.5 Å². The third-order valence-corrected chi connectivity index (χ3v) is 4.51. The van der Waals surface area contributed by atoms with Crippen molar-refractivity contribution in [1.82, 2.24) is 5.32 Å². The number of urea groups is 1. The maximum absolute atomic E-state index is 12.4. The van der Waals surface area contributed by atoms with Gasteiger partial charge in [-0.2, -0.15) is 0 Å². The standard InChI is InChI=1S/C21H19Cl2N3O4/c1-13(30-19-9-4-14(22)11-18(19)23)20(27)25-15-5-7-16(8-6-15)26-21(28)24-12-17-3-2-10-29-17/h2-11,13H,12H2,1H3,(H,25,27)(H2,24,26,28). The Morgan fingerprint density at radius 3 is 2.37 bits per heavy atom. The number of carbonyl (C=O) groups is 2. The Kier molecular flexibility index (Phi) is 7.21. The fraction of sp³-hybridized carbons (Fsp3) is 0.143. The van der Waals surface area contributed by atoms with Crippen LogP contribution in [0.1, 0.15) is 12.7 Å². The average molecular weight is 448 g/mol. The molecule has 0 aliphatic heterocycles. The molecule has 3 rings (SSSR count). The largest absolute Gasteiger partial charge is 0.479 e. The Hall–Kier alpha value is -3.16. The van der Waals surface area contributed by atoms with Crippen molar-refractivity contribution < 1.29 is 18.7 Å². The van der Waals surface area contributed by atoms with Gasteiger partial charge in [0.05, 0.1) is 17.8 Å². The zero-order valence-electron chi connectivity index (χ0n) is 15.9. The van der Waals surface area contributed by atoms with Gasteiger partial charge in [-0.15, -0.1) is 0 Å². The van der Waals surface area contributed by atoms with E-state index in [9.17, 15) is 9.59 Å². The van der Waals surface area contributed by atoms with E-state index in [1.54, 1.807) is 61.5 Å². The normalized spacial score (nSPS) is 11.4. The van der Waals surface area contributed by atoms with Gasteiger partial charge in [-0.3, -0.25) is 4.79 Å². The van der Waals surface area contributed by atoms with Gasteiger partial charge in [0, 0.05) is 16.4 Å². The molecule has 9 heteroatoms. The molecule has 1 aromatic heterocycles. The van der Waals surface area contributed by atoms with Crippen LogP contribution in [0.4, 0.5) is 16.2 Å². The number of hydrogen-bond donors (Lipinski definition) is 3. The lowest BCUT2D eigenvalue weighted by Gasteiger charge is -2.16. The number of benzene rings is 2. The van der Waals surface area contributed by atoms with Crippen LogP contribution in [0.2, 0.25) is 10.0 Å². The lowest BCUT2D eigenvalue weighted by Crippen LogP contribution is -2.30. The molecule has 30 heavy (non-hydrogen) atoms. The molecule has 0 saturated heterocycles. The minimum Gasteiger partial charge on any atom is -0.479 e. The Labute approximate surface area is 183 Å². The third-order valence-electron chi connectivity index (χ3n) is 3.98. The minimum absolute atomic E-state index is 0.280. The van der Waals surface area contributed by atoms with Gasteiger partial charge < -0.3 is 25.1 Å². The maximum atomic E-state index is 12.4. The summed E-state index contributed by atoms with van der Waals surface area (Å²) in [5, 5.41) is 8.92. The van der Waals surface area contributed by atoms with Crippen molar-refractivity contribution in [3.05, 3.63) is 76.7 Å². The molecule has 0 fully saturated rings. The molecule has 0 bridgehead atoms. The van der Waals surface area contributed by atoms with Gasteiger partial charge in [-0.25, -0.2) is 4.79 Å². The summed E-state index contributed by atoms with van der Waals surface area (Å²) in [5.74, 6) is 0.668. The number of halogens is 2. The van der Waals surface area contributed by atoms with Crippen LogP contribution in [0.3, 0.4) is 0 Å². The van der Waals surface area contributed by atoms with Crippen molar-refractivity contribution in [2.75, 3.05) is 10.6 Å². The summed E-state index contributed by atoms with van der Waals surface area (Å²) in [7, 11) is 0. The van der Waals surface area contributed by atoms with Crippen molar-refractivity contribution in [3.8, 4) is 5.75 Å². The number of ether oxygens (including phenoxy) is 1. The number of furan rings is 1. The quantitative estimate of drug-likeness (QED) is 0.457. The Morgan fingerprint density at radius 2 is 1.73 bits per heavy atom. The zero-order valence-corrected chi connectivity index (χ0v) is 17.5. The first-order chi connectivity index (χ1) is 14.4. The van der Waals surface area contributed by atoms with Crippen LogP contribution >= 0.6 is 23.2 Å². The van der Waals surface area contributed by atoms with Crippen molar-refractivity contribution in [3.63, 3.8) is 0 Å². The SMILES string of the molecule is CC(Oc1ccc(Cl)cc1Cl)C(=O)Nc1ccc(NC(=O)NCc2ccco2)cc1. The Morgan fingerprint density at radius 1 is 1.03 bits per heavy atom. The molecular formula is C21H19Cl2N3O4. The summed E-state index contributed by atoms with van der Waals surface area (Å²) in [5.41, 5.74) is 1.13. The number of anilines is 2. The van der Waals surface area contributed by atoms with Crippen LogP contribution in [-0.4, -0.2) is 18.0 Å². The van der Waals surface area contributed by atoms with Crippen molar-refractivity contribution in [2.45, 2.75) is 19.6 Å². The van der Waals surface area contributed by atoms with Crippen molar-refractivity contribution >= 4 is 46.5 Å². The molecule has 3 N–H and O–H groups in total. The molecule has 156 valence electrons. The van der Waals surface area contributed by atoms with E-state index in [2.05, 4.69) is 16.0 Å². The predicted molar refractivity (Wildman–Crippen MR) is 116 cm³/mol. The molecule has 0 aliphatic rings. The molecule has 0 saturated carbocycles. The highest BCUT2D eigenvalue weighted by molar-refractivity contribution is 6.35. The van der Waals surface area contributed by atoms with Crippen LogP contribution in [0.5, 0.6) is 5.75 Å². The molecule has 1 unspecified atom stereocenters. The third kappa shape index (κ3) is 6.17. The van der Waals surface area contributed by atoms with E-state index in [1.807, 2.05) is 0 Å². The van der Waals surface area contributed by atoms with Crippen LogP contribution in [0, 0.1) is 0 Å². The van der Waals surface area contributed by atoms with Crippen molar-refractivity contribution in [1.29, 1.82) is 0 Å². The maximum Gasteiger partial charge on any atom is 0.319 e. The van der Waals surface area contributed by atoms with E-state index in [1.165, 1.54) is 6.26 Å². The lowest BCUT2D eigenvalue weighted by atomic mass is 10.2. The van der Waals surface area contributed by atoms with Gasteiger partial charge in [0.15, 0.2) is 6.10 Å². The zero-order chi connectivity index (χ0) is 21.5. The van der Waals surface area contributed by atoms with Crippen molar-refractivity contribution in [2.24, 2.45) is 0 Å². The Balaban J connectivity index is 1.49. The number of nitrogens with one attached hydrogen (secondary N) is 3. The first-order valence-electron chi connectivity index (χ1n) is 9.00. The molecule has 0 spiro atoms. The van der Waals surface area contributed by atoms with Crippen LogP contribution in [-0.2, 0) is 11.3 Å².